The summed E-state index contributed by atoms with van der Waals surface area (Å²) in [5.41, 5.74) is 0. The van der Waals surface area contributed by atoms with E-state index >= 15 is 0 Å². The normalized spacial score (nSPS) is 23.8. The molecular weight excluding hydrogens is 166 g/mol. The zero-order chi connectivity index (χ0) is 9.84. The third-order valence-corrected chi connectivity index (χ3v) is 2.72. The Morgan fingerprint density at radius 2 is 2.31 bits per heavy atom. The lowest BCUT2D eigenvalue weighted by atomic mass is 10.1. The quantitative estimate of drug-likeness (QED) is 0.623. The minimum atomic E-state index is -0.0856. The van der Waals surface area contributed by atoms with Crippen molar-refractivity contribution in [2.24, 2.45) is 0 Å². The monoisotopic (exact) mass is 185 g/mol. The van der Waals surface area contributed by atoms with Gasteiger partial charge in [0.1, 0.15) is 0 Å². The van der Waals surface area contributed by atoms with Crippen LogP contribution < -0.4 is 0 Å². The topological polar surface area (TPSA) is 29.5 Å². The van der Waals surface area contributed by atoms with E-state index in [1.807, 2.05) is 0 Å². The second-order valence-electron chi connectivity index (χ2n) is 3.91. The molecule has 0 aromatic heterocycles. The molecule has 0 spiro atoms. The van der Waals surface area contributed by atoms with Crippen molar-refractivity contribution in [1.29, 1.82) is 0 Å². The van der Waals surface area contributed by atoms with Crippen molar-refractivity contribution in [3.8, 4) is 0 Å². The number of esters is 1. The zero-order valence-corrected chi connectivity index (χ0v) is 8.75. The van der Waals surface area contributed by atoms with Crippen molar-refractivity contribution in [1.82, 2.24) is 4.90 Å². The van der Waals surface area contributed by atoms with Crippen LogP contribution in [0.4, 0.5) is 0 Å². The Morgan fingerprint density at radius 3 is 2.85 bits per heavy atom. The van der Waals surface area contributed by atoms with Gasteiger partial charge in [-0.15, -0.1) is 0 Å². The summed E-state index contributed by atoms with van der Waals surface area (Å²) in [6, 6.07) is 0.949. The van der Waals surface area contributed by atoms with Crippen LogP contribution in [0.25, 0.3) is 0 Å². The summed E-state index contributed by atoms with van der Waals surface area (Å²) in [5, 5.41) is 0. The number of methoxy groups -OCH3 is 1. The maximum Gasteiger partial charge on any atom is 0.307 e. The summed E-state index contributed by atoms with van der Waals surface area (Å²) in [7, 11) is 1.46. The van der Waals surface area contributed by atoms with Crippen LogP contribution in [-0.2, 0) is 9.53 Å². The van der Waals surface area contributed by atoms with Gasteiger partial charge in [-0.3, -0.25) is 9.69 Å². The molecular formula is C10H19NO2. The summed E-state index contributed by atoms with van der Waals surface area (Å²) in [6.07, 6.45) is 2.89. The molecule has 1 unspecified atom stereocenters. The van der Waals surface area contributed by atoms with Crippen molar-refractivity contribution in [2.75, 3.05) is 13.7 Å². The van der Waals surface area contributed by atoms with Crippen LogP contribution in [0.5, 0.6) is 0 Å². The van der Waals surface area contributed by atoms with Crippen LogP contribution >= 0.6 is 0 Å². The molecule has 0 radical (unpaired) electrons. The molecule has 0 aromatic rings. The largest absolute Gasteiger partial charge is 0.469 e. The minimum Gasteiger partial charge on any atom is -0.469 e. The van der Waals surface area contributed by atoms with Gasteiger partial charge in [0.05, 0.1) is 13.5 Å². The molecule has 1 heterocycles. The van der Waals surface area contributed by atoms with E-state index in [2.05, 4.69) is 23.5 Å². The van der Waals surface area contributed by atoms with E-state index in [1.165, 1.54) is 13.5 Å². The lowest BCUT2D eigenvalue weighted by Gasteiger charge is -2.27. The van der Waals surface area contributed by atoms with E-state index in [1.54, 1.807) is 0 Å². The Balaban J connectivity index is 2.44. The second-order valence-corrected chi connectivity index (χ2v) is 3.91. The standard InChI is InChI=1S/C10H19NO2/c1-8(2)11-6-4-5-9(11)7-10(12)13-3/h8-9H,4-7H2,1-3H3. The average Bonchev–Trinajstić information content (AvgIpc) is 2.52. The second kappa shape index (κ2) is 4.61. The highest BCUT2D eigenvalue weighted by atomic mass is 16.5. The molecule has 1 fully saturated rings. The average molecular weight is 185 g/mol. The van der Waals surface area contributed by atoms with Gasteiger partial charge in [0.15, 0.2) is 0 Å². The Labute approximate surface area is 80.1 Å². The lowest BCUT2D eigenvalue weighted by Crippen LogP contribution is -2.36. The van der Waals surface area contributed by atoms with Crippen LogP contribution in [-0.4, -0.2) is 36.6 Å². The van der Waals surface area contributed by atoms with Gasteiger partial charge in [0.2, 0.25) is 0 Å². The molecule has 0 amide bonds. The Kier molecular flexibility index (Phi) is 3.72. The van der Waals surface area contributed by atoms with Crippen molar-refractivity contribution in [2.45, 2.75) is 45.2 Å². The van der Waals surface area contributed by atoms with Gasteiger partial charge in [-0.2, -0.15) is 0 Å². The molecule has 0 saturated carbocycles. The SMILES string of the molecule is COC(=O)CC1CCCN1C(C)C. The molecule has 3 nitrogen and oxygen atoms in total. The number of nitrogens with zero attached hydrogens (tertiary/aromatic N) is 1. The summed E-state index contributed by atoms with van der Waals surface area (Å²) < 4.78 is 4.67. The smallest absolute Gasteiger partial charge is 0.307 e. The first-order valence-electron chi connectivity index (χ1n) is 4.97. The van der Waals surface area contributed by atoms with E-state index in [9.17, 15) is 4.79 Å². The fourth-order valence-electron chi connectivity index (χ4n) is 2.03. The molecule has 1 aliphatic rings. The Morgan fingerprint density at radius 1 is 1.62 bits per heavy atom. The predicted octanol–water partition coefficient (Wildman–Crippen LogP) is 1.42. The number of hydrogen-bond donors (Lipinski definition) is 0. The highest BCUT2D eigenvalue weighted by molar-refractivity contribution is 5.69. The number of carbonyl (C=O) groups is 1. The van der Waals surface area contributed by atoms with Crippen LogP contribution in [0.3, 0.4) is 0 Å². The van der Waals surface area contributed by atoms with Gasteiger partial charge < -0.3 is 4.74 Å². The third-order valence-electron chi connectivity index (χ3n) is 2.72. The Hall–Kier alpha value is -0.570. The summed E-state index contributed by atoms with van der Waals surface area (Å²) in [6.45, 7) is 5.48. The van der Waals surface area contributed by atoms with Gasteiger partial charge in [-0.1, -0.05) is 0 Å². The number of rotatable bonds is 3. The number of carbonyl (C=O) groups excluding carboxylic acids is 1. The third kappa shape index (κ3) is 2.69. The first kappa shape index (κ1) is 10.5. The first-order chi connectivity index (χ1) is 6.15. The van der Waals surface area contributed by atoms with Crippen molar-refractivity contribution in [3.63, 3.8) is 0 Å². The van der Waals surface area contributed by atoms with Gasteiger partial charge in [-0.05, 0) is 33.2 Å². The first-order valence-corrected chi connectivity index (χ1v) is 4.97. The summed E-state index contributed by atoms with van der Waals surface area (Å²) in [4.78, 5) is 13.5. The summed E-state index contributed by atoms with van der Waals surface area (Å²) in [5.74, 6) is -0.0856. The van der Waals surface area contributed by atoms with Gasteiger partial charge in [0, 0.05) is 12.1 Å². The van der Waals surface area contributed by atoms with Crippen LogP contribution in [0, 0.1) is 0 Å². The molecule has 0 N–H and O–H groups in total. The van der Waals surface area contributed by atoms with E-state index in [4.69, 9.17) is 0 Å². The van der Waals surface area contributed by atoms with Crippen LogP contribution in [0.2, 0.25) is 0 Å². The van der Waals surface area contributed by atoms with E-state index in [0.717, 1.165) is 13.0 Å². The van der Waals surface area contributed by atoms with Gasteiger partial charge >= 0.3 is 5.97 Å². The maximum atomic E-state index is 11.1. The van der Waals surface area contributed by atoms with Gasteiger partial charge in [-0.25, -0.2) is 0 Å². The molecule has 1 saturated heterocycles. The van der Waals surface area contributed by atoms with E-state index < -0.39 is 0 Å². The van der Waals surface area contributed by atoms with E-state index in [-0.39, 0.29) is 5.97 Å². The maximum absolute atomic E-state index is 11.1. The number of likely N-dealkylation sites (tertiary alicyclic amines) is 1. The predicted molar refractivity (Wildman–Crippen MR) is 51.5 cm³/mol. The van der Waals surface area contributed by atoms with Crippen molar-refractivity contribution in [3.05, 3.63) is 0 Å². The molecule has 0 aromatic carbocycles. The molecule has 13 heavy (non-hydrogen) atoms. The highest BCUT2D eigenvalue weighted by Gasteiger charge is 2.28. The minimum absolute atomic E-state index is 0.0856. The fourth-order valence-corrected chi connectivity index (χ4v) is 2.03. The molecule has 1 atom stereocenters. The lowest BCUT2D eigenvalue weighted by molar-refractivity contribution is -0.141. The van der Waals surface area contributed by atoms with Crippen LogP contribution in [0.1, 0.15) is 33.1 Å². The Bertz CT molecular complexity index is 180. The molecule has 76 valence electrons. The summed E-state index contributed by atoms with van der Waals surface area (Å²) >= 11 is 0. The van der Waals surface area contributed by atoms with Crippen molar-refractivity contribution < 1.29 is 9.53 Å². The highest BCUT2D eigenvalue weighted by Crippen LogP contribution is 2.22. The molecule has 1 aliphatic heterocycles. The molecule has 3 heteroatoms. The molecule has 1 rings (SSSR count). The molecule has 0 bridgehead atoms. The number of hydrogen-bond acceptors (Lipinski definition) is 3. The van der Waals surface area contributed by atoms with Gasteiger partial charge in [0.25, 0.3) is 0 Å². The number of ether oxygens (including phenoxy) is 1. The molecule has 0 aliphatic carbocycles. The zero-order valence-electron chi connectivity index (χ0n) is 8.75. The van der Waals surface area contributed by atoms with Crippen molar-refractivity contribution >= 4 is 5.97 Å². The fraction of sp³-hybridized carbons (Fsp3) is 0.900. The van der Waals surface area contributed by atoms with Crippen LogP contribution in [0.15, 0.2) is 0 Å². The van der Waals surface area contributed by atoms with E-state index in [0.29, 0.717) is 18.5 Å².